The van der Waals surface area contributed by atoms with Crippen LogP contribution < -0.4 is 5.32 Å². The van der Waals surface area contributed by atoms with Gasteiger partial charge in [0.15, 0.2) is 5.16 Å². The van der Waals surface area contributed by atoms with Crippen LogP contribution >= 0.6 is 11.8 Å². The lowest BCUT2D eigenvalue weighted by Gasteiger charge is -2.12. The molecule has 1 aromatic heterocycles. The summed E-state index contributed by atoms with van der Waals surface area (Å²) in [5.74, 6) is 0.369. The standard InChI is InChI=1S/C18H23N3OS/c1-4-8-13(2)19-17(22)12-23-18-20-14(3)11-16(21-18)15-9-6-5-7-10-15/h5-7,9-11,13H,4,8,12H2,1-3H3,(H,19,22)/t13-/m1/s1. The molecule has 23 heavy (non-hydrogen) atoms. The predicted molar refractivity (Wildman–Crippen MR) is 95.4 cm³/mol. The summed E-state index contributed by atoms with van der Waals surface area (Å²) in [4.78, 5) is 20.9. The predicted octanol–water partition coefficient (Wildman–Crippen LogP) is 3.85. The van der Waals surface area contributed by atoms with Gasteiger partial charge in [-0.1, -0.05) is 55.4 Å². The second kappa shape index (κ2) is 8.67. The number of amides is 1. The molecule has 4 nitrogen and oxygen atoms in total. The van der Waals surface area contributed by atoms with Crippen molar-refractivity contribution in [1.29, 1.82) is 0 Å². The van der Waals surface area contributed by atoms with Crippen molar-refractivity contribution in [1.82, 2.24) is 15.3 Å². The molecule has 1 aromatic carbocycles. The monoisotopic (exact) mass is 329 g/mol. The molecule has 1 heterocycles. The second-order valence-electron chi connectivity index (χ2n) is 5.59. The number of aryl methyl sites for hydroxylation is 1. The van der Waals surface area contributed by atoms with Crippen molar-refractivity contribution in [2.24, 2.45) is 0 Å². The maximum absolute atomic E-state index is 12.0. The first-order valence-electron chi connectivity index (χ1n) is 7.91. The zero-order chi connectivity index (χ0) is 16.7. The maximum atomic E-state index is 12.0. The van der Waals surface area contributed by atoms with Gasteiger partial charge in [0.1, 0.15) is 0 Å². The summed E-state index contributed by atoms with van der Waals surface area (Å²) in [5, 5.41) is 3.64. The minimum atomic E-state index is 0.0299. The van der Waals surface area contributed by atoms with Crippen LogP contribution in [0.25, 0.3) is 11.3 Å². The number of benzene rings is 1. The van der Waals surface area contributed by atoms with E-state index < -0.39 is 0 Å². The Balaban J connectivity index is 2.01. The number of hydrogen-bond acceptors (Lipinski definition) is 4. The quantitative estimate of drug-likeness (QED) is 0.619. The first-order chi connectivity index (χ1) is 11.1. The summed E-state index contributed by atoms with van der Waals surface area (Å²) < 4.78 is 0. The Hall–Kier alpha value is -1.88. The van der Waals surface area contributed by atoms with E-state index in [1.165, 1.54) is 11.8 Å². The van der Waals surface area contributed by atoms with Crippen LogP contribution in [0.2, 0.25) is 0 Å². The van der Waals surface area contributed by atoms with Gasteiger partial charge in [0.25, 0.3) is 0 Å². The lowest BCUT2D eigenvalue weighted by Crippen LogP contribution is -2.33. The maximum Gasteiger partial charge on any atom is 0.230 e. The fraction of sp³-hybridized carbons (Fsp3) is 0.389. The van der Waals surface area contributed by atoms with E-state index in [1.54, 1.807) is 0 Å². The molecule has 2 aromatic rings. The van der Waals surface area contributed by atoms with Crippen LogP contribution in [0.3, 0.4) is 0 Å². The van der Waals surface area contributed by atoms with Crippen molar-refractivity contribution < 1.29 is 4.79 Å². The lowest BCUT2D eigenvalue weighted by molar-refractivity contribution is -0.119. The molecule has 0 aliphatic carbocycles. The molecule has 1 amide bonds. The van der Waals surface area contributed by atoms with Crippen LogP contribution in [-0.2, 0) is 4.79 Å². The Bertz CT molecular complexity index is 646. The zero-order valence-electron chi connectivity index (χ0n) is 13.9. The molecular weight excluding hydrogens is 306 g/mol. The van der Waals surface area contributed by atoms with Crippen molar-refractivity contribution in [2.45, 2.75) is 44.8 Å². The molecule has 122 valence electrons. The number of carbonyl (C=O) groups excluding carboxylic acids is 1. The first-order valence-corrected chi connectivity index (χ1v) is 8.90. The average Bonchev–Trinajstić information content (AvgIpc) is 2.53. The van der Waals surface area contributed by atoms with Crippen LogP contribution in [0.1, 0.15) is 32.4 Å². The topological polar surface area (TPSA) is 54.9 Å². The largest absolute Gasteiger partial charge is 0.353 e. The molecule has 1 atom stereocenters. The second-order valence-corrected chi connectivity index (χ2v) is 6.53. The summed E-state index contributed by atoms with van der Waals surface area (Å²) in [6.45, 7) is 6.09. The Morgan fingerprint density at radius 2 is 2.00 bits per heavy atom. The van der Waals surface area contributed by atoms with E-state index in [0.717, 1.165) is 29.8 Å². The van der Waals surface area contributed by atoms with Gasteiger partial charge in [-0.15, -0.1) is 0 Å². The van der Waals surface area contributed by atoms with E-state index in [0.29, 0.717) is 10.9 Å². The van der Waals surface area contributed by atoms with Gasteiger partial charge < -0.3 is 5.32 Å². The van der Waals surface area contributed by atoms with Crippen molar-refractivity contribution in [3.05, 3.63) is 42.1 Å². The summed E-state index contributed by atoms with van der Waals surface area (Å²) in [6.07, 6.45) is 2.06. The summed E-state index contributed by atoms with van der Waals surface area (Å²) in [5.41, 5.74) is 2.85. The Labute approximate surface area is 142 Å². The minimum absolute atomic E-state index is 0.0299. The lowest BCUT2D eigenvalue weighted by atomic mass is 10.1. The molecule has 0 spiro atoms. The number of thioether (sulfide) groups is 1. The van der Waals surface area contributed by atoms with Gasteiger partial charge in [0.2, 0.25) is 5.91 Å². The van der Waals surface area contributed by atoms with Gasteiger partial charge in [-0.3, -0.25) is 4.79 Å². The molecule has 0 unspecified atom stereocenters. The fourth-order valence-electron chi connectivity index (χ4n) is 2.31. The van der Waals surface area contributed by atoms with Gasteiger partial charge in [0, 0.05) is 17.3 Å². The van der Waals surface area contributed by atoms with Gasteiger partial charge in [-0.2, -0.15) is 0 Å². The van der Waals surface area contributed by atoms with Crippen LogP contribution in [-0.4, -0.2) is 27.7 Å². The molecule has 0 saturated carbocycles. The number of rotatable bonds is 7. The molecular formula is C18H23N3OS. The Kier molecular flexibility index (Phi) is 6.59. The summed E-state index contributed by atoms with van der Waals surface area (Å²) in [6, 6.07) is 12.2. The fourth-order valence-corrected chi connectivity index (χ4v) is 3.03. The van der Waals surface area contributed by atoms with Crippen LogP contribution in [0.4, 0.5) is 0 Å². The zero-order valence-corrected chi connectivity index (χ0v) is 14.7. The molecule has 0 fully saturated rings. The van der Waals surface area contributed by atoms with E-state index in [9.17, 15) is 4.79 Å². The van der Waals surface area contributed by atoms with E-state index in [2.05, 4.69) is 22.2 Å². The molecule has 0 saturated heterocycles. The first kappa shape index (κ1) is 17.5. The Morgan fingerprint density at radius 1 is 1.26 bits per heavy atom. The van der Waals surface area contributed by atoms with E-state index >= 15 is 0 Å². The highest BCUT2D eigenvalue weighted by Gasteiger charge is 2.10. The van der Waals surface area contributed by atoms with Gasteiger partial charge in [-0.25, -0.2) is 9.97 Å². The molecule has 5 heteroatoms. The van der Waals surface area contributed by atoms with Crippen LogP contribution in [0.15, 0.2) is 41.6 Å². The number of aromatic nitrogens is 2. The van der Waals surface area contributed by atoms with E-state index in [1.807, 2.05) is 50.2 Å². The molecule has 2 rings (SSSR count). The minimum Gasteiger partial charge on any atom is -0.353 e. The molecule has 0 bridgehead atoms. The number of nitrogens with zero attached hydrogens (tertiary/aromatic N) is 2. The Morgan fingerprint density at radius 3 is 2.70 bits per heavy atom. The van der Waals surface area contributed by atoms with E-state index in [4.69, 9.17) is 0 Å². The number of nitrogens with one attached hydrogen (secondary N) is 1. The molecule has 0 aliphatic heterocycles. The van der Waals surface area contributed by atoms with Crippen molar-refractivity contribution >= 4 is 17.7 Å². The van der Waals surface area contributed by atoms with Gasteiger partial charge in [-0.05, 0) is 26.3 Å². The highest BCUT2D eigenvalue weighted by Crippen LogP contribution is 2.21. The van der Waals surface area contributed by atoms with E-state index in [-0.39, 0.29) is 11.9 Å². The van der Waals surface area contributed by atoms with Crippen molar-refractivity contribution in [3.63, 3.8) is 0 Å². The smallest absolute Gasteiger partial charge is 0.230 e. The highest BCUT2D eigenvalue weighted by atomic mass is 32.2. The third kappa shape index (κ3) is 5.67. The molecule has 0 aliphatic rings. The SMILES string of the molecule is CCC[C@@H](C)NC(=O)CSc1nc(C)cc(-c2ccccc2)n1. The van der Waals surface area contributed by atoms with Gasteiger partial charge >= 0.3 is 0 Å². The third-order valence-electron chi connectivity index (χ3n) is 3.36. The van der Waals surface area contributed by atoms with Crippen molar-refractivity contribution in [3.8, 4) is 11.3 Å². The molecule has 1 N–H and O–H groups in total. The average molecular weight is 329 g/mol. The third-order valence-corrected chi connectivity index (χ3v) is 4.21. The van der Waals surface area contributed by atoms with Gasteiger partial charge in [0.05, 0.1) is 11.4 Å². The van der Waals surface area contributed by atoms with Crippen molar-refractivity contribution in [2.75, 3.05) is 5.75 Å². The van der Waals surface area contributed by atoms with Crippen LogP contribution in [0.5, 0.6) is 0 Å². The van der Waals surface area contributed by atoms with Crippen LogP contribution in [0, 0.1) is 6.92 Å². The molecule has 0 radical (unpaired) electrons. The number of carbonyl (C=O) groups is 1. The summed E-state index contributed by atoms with van der Waals surface area (Å²) >= 11 is 1.38. The summed E-state index contributed by atoms with van der Waals surface area (Å²) in [7, 11) is 0. The highest BCUT2D eigenvalue weighted by molar-refractivity contribution is 7.99. The number of hydrogen-bond donors (Lipinski definition) is 1. The normalized spacial score (nSPS) is 12.0.